The Morgan fingerprint density at radius 3 is 2.84 bits per heavy atom. The third kappa shape index (κ3) is 5.21. The van der Waals surface area contributed by atoms with Crippen LogP contribution in [0.15, 0.2) is 17.3 Å². The maximum atomic E-state index is 12.4. The standard InChI is InChI=1S/C11H15F2N5.HI/c1-14-11(17-7-2-3-7)16-6-9-15-5-4-8(18-9)10(12)13;/h4-5,7,10H,2-3,6H2,1H3,(H2,14,16,17);1H. The quantitative estimate of drug-likeness (QED) is 0.474. The highest BCUT2D eigenvalue weighted by Gasteiger charge is 2.22. The predicted octanol–water partition coefficient (Wildman–Crippen LogP) is 1.86. The van der Waals surface area contributed by atoms with Gasteiger partial charge in [-0.3, -0.25) is 4.99 Å². The minimum atomic E-state index is -2.57. The molecule has 1 saturated carbocycles. The molecule has 8 heteroatoms. The largest absolute Gasteiger partial charge is 0.354 e. The highest BCUT2D eigenvalue weighted by molar-refractivity contribution is 14.0. The molecule has 0 saturated heterocycles. The van der Waals surface area contributed by atoms with E-state index in [2.05, 4.69) is 25.6 Å². The molecule has 1 aromatic rings. The van der Waals surface area contributed by atoms with Crippen molar-refractivity contribution in [3.8, 4) is 0 Å². The van der Waals surface area contributed by atoms with Crippen LogP contribution in [0.5, 0.6) is 0 Å². The average molecular weight is 383 g/mol. The molecule has 1 aliphatic rings. The Labute approximate surface area is 127 Å². The van der Waals surface area contributed by atoms with Crippen LogP contribution in [0.3, 0.4) is 0 Å². The van der Waals surface area contributed by atoms with Gasteiger partial charge in [0.2, 0.25) is 0 Å². The van der Waals surface area contributed by atoms with E-state index in [0.29, 0.717) is 17.8 Å². The molecular weight excluding hydrogens is 367 g/mol. The Morgan fingerprint density at radius 2 is 2.26 bits per heavy atom. The van der Waals surface area contributed by atoms with Gasteiger partial charge in [0.25, 0.3) is 6.43 Å². The van der Waals surface area contributed by atoms with Crippen LogP contribution in [0.2, 0.25) is 0 Å². The smallest absolute Gasteiger partial charge is 0.280 e. The Kier molecular flexibility index (Phi) is 6.32. The van der Waals surface area contributed by atoms with E-state index in [1.165, 1.54) is 12.3 Å². The maximum absolute atomic E-state index is 12.4. The van der Waals surface area contributed by atoms with Gasteiger partial charge < -0.3 is 10.6 Å². The van der Waals surface area contributed by atoms with E-state index < -0.39 is 6.43 Å². The second kappa shape index (κ2) is 7.51. The van der Waals surface area contributed by atoms with Crippen molar-refractivity contribution < 1.29 is 8.78 Å². The number of alkyl halides is 2. The van der Waals surface area contributed by atoms with Crippen LogP contribution in [-0.2, 0) is 6.54 Å². The van der Waals surface area contributed by atoms with Crippen LogP contribution in [0.4, 0.5) is 8.78 Å². The minimum absolute atomic E-state index is 0. The molecule has 0 radical (unpaired) electrons. The highest BCUT2D eigenvalue weighted by atomic mass is 127. The van der Waals surface area contributed by atoms with Gasteiger partial charge in [0.1, 0.15) is 11.5 Å². The monoisotopic (exact) mass is 383 g/mol. The molecule has 2 N–H and O–H groups in total. The predicted molar refractivity (Wildman–Crippen MR) is 78.8 cm³/mol. The minimum Gasteiger partial charge on any atom is -0.354 e. The number of halogens is 3. The Morgan fingerprint density at radius 1 is 1.53 bits per heavy atom. The lowest BCUT2D eigenvalue weighted by Crippen LogP contribution is -2.38. The van der Waals surface area contributed by atoms with E-state index in [0.717, 1.165) is 12.8 Å². The number of nitrogens with one attached hydrogen (secondary N) is 2. The molecule has 106 valence electrons. The van der Waals surface area contributed by atoms with Gasteiger partial charge in [0.15, 0.2) is 5.96 Å². The molecule has 1 aliphatic carbocycles. The third-order valence-corrected chi connectivity index (χ3v) is 2.51. The molecule has 0 aliphatic heterocycles. The lowest BCUT2D eigenvalue weighted by molar-refractivity contribution is 0.145. The Hall–Kier alpha value is -1.06. The highest BCUT2D eigenvalue weighted by Crippen LogP contribution is 2.18. The second-order valence-corrected chi connectivity index (χ2v) is 4.04. The van der Waals surface area contributed by atoms with Crippen LogP contribution in [-0.4, -0.2) is 29.0 Å². The zero-order valence-corrected chi connectivity index (χ0v) is 12.8. The van der Waals surface area contributed by atoms with Gasteiger partial charge >= 0.3 is 0 Å². The molecule has 0 atom stereocenters. The van der Waals surface area contributed by atoms with Gasteiger partial charge in [-0.2, -0.15) is 0 Å². The summed E-state index contributed by atoms with van der Waals surface area (Å²) in [6.45, 7) is 0.271. The summed E-state index contributed by atoms with van der Waals surface area (Å²) in [6.07, 6.45) is 1.04. The first-order valence-corrected chi connectivity index (χ1v) is 5.76. The molecule has 0 unspecified atom stereocenters. The van der Waals surface area contributed by atoms with Crippen molar-refractivity contribution in [2.24, 2.45) is 4.99 Å². The van der Waals surface area contributed by atoms with Crippen molar-refractivity contribution >= 4 is 29.9 Å². The summed E-state index contributed by atoms with van der Waals surface area (Å²) in [5, 5.41) is 6.18. The van der Waals surface area contributed by atoms with Crippen LogP contribution >= 0.6 is 24.0 Å². The molecule has 1 heterocycles. The van der Waals surface area contributed by atoms with E-state index in [9.17, 15) is 8.78 Å². The molecular formula is C11H16F2IN5. The van der Waals surface area contributed by atoms with Crippen LogP contribution in [0.1, 0.15) is 30.8 Å². The van der Waals surface area contributed by atoms with Crippen molar-refractivity contribution in [2.45, 2.75) is 31.9 Å². The van der Waals surface area contributed by atoms with Gasteiger partial charge in [-0.25, -0.2) is 18.7 Å². The molecule has 1 aromatic heterocycles. The summed E-state index contributed by atoms with van der Waals surface area (Å²) in [4.78, 5) is 11.7. The number of aromatic nitrogens is 2. The number of guanidine groups is 1. The number of aliphatic imine (C=N–C) groups is 1. The molecule has 0 amide bonds. The molecule has 19 heavy (non-hydrogen) atoms. The Bertz CT molecular complexity index is 437. The van der Waals surface area contributed by atoms with Gasteiger partial charge in [0, 0.05) is 19.3 Å². The average Bonchev–Trinajstić information content (AvgIpc) is 3.18. The molecule has 1 fully saturated rings. The number of hydrogen-bond acceptors (Lipinski definition) is 3. The zero-order valence-electron chi connectivity index (χ0n) is 10.4. The zero-order chi connectivity index (χ0) is 13.0. The molecule has 2 rings (SSSR count). The van der Waals surface area contributed by atoms with Crippen molar-refractivity contribution in [3.05, 3.63) is 23.8 Å². The van der Waals surface area contributed by atoms with E-state index in [-0.39, 0.29) is 36.2 Å². The SMILES string of the molecule is CN=C(NCc1nccc(C(F)F)n1)NC1CC1.I. The number of hydrogen-bond donors (Lipinski definition) is 2. The van der Waals surface area contributed by atoms with E-state index in [4.69, 9.17) is 0 Å². The normalized spacial score (nSPS) is 15.1. The van der Waals surface area contributed by atoms with Crippen molar-refractivity contribution in [1.29, 1.82) is 0 Å². The van der Waals surface area contributed by atoms with Gasteiger partial charge in [-0.15, -0.1) is 24.0 Å². The fourth-order valence-electron chi connectivity index (χ4n) is 1.40. The summed E-state index contributed by atoms with van der Waals surface area (Å²) < 4.78 is 24.9. The summed E-state index contributed by atoms with van der Waals surface area (Å²) in [6, 6.07) is 1.69. The third-order valence-electron chi connectivity index (χ3n) is 2.51. The fourth-order valence-corrected chi connectivity index (χ4v) is 1.40. The van der Waals surface area contributed by atoms with Gasteiger partial charge in [-0.1, -0.05) is 0 Å². The number of nitrogens with zero attached hydrogens (tertiary/aromatic N) is 3. The molecule has 0 spiro atoms. The van der Waals surface area contributed by atoms with Crippen LogP contribution < -0.4 is 10.6 Å². The topological polar surface area (TPSA) is 62.2 Å². The van der Waals surface area contributed by atoms with Crippen molar-refractivity contribution in [2.75, 3.05) is 7.05 Å². The van der Waals surface area contributed by atoms with E-state index in [1.807, 2.05) is 0 Å². The molecule has 0 bridgehead atoms. The van der Waals surface area contributed by atoms with Crippen molar-refractivity contribution in [3.63, 3.8) is 0 Å². The second-order valence-electron chi connectivity index (χ2n) is 4.04. The fraction of sp³-hybridized carbons (Fsp3) is 0.545. The number of rotatable bonds is 4. The summed E-state index contributed by atoms with van der Waals surface area (Å²) in [5.74, 6) is 0.968. The van der Waals surface area contributed by atoms with Crippen LogP contribution in [0.25, 0.3) is 0 Å². The first kappa shape index (κ1) is 16.0. The first-order chi connectivity index (χ1) is 8.69. The van der Waals surface area contributed by atoms with Gasteiger partial charge in [-0.05, 0) is 18.9 Å². The van der Waals surface area contributed by atoms with Crippen LogP contribution in [0, 0.1) is 0 Å². The lowest BCUT2D eigenvalue weighted by atomic mass is 10.4. The van der Waals surface area contributed by atoms with Crippen molar-refractivity contribution in [1.82, 2.24) is 20.6 Å². The summed E-state index contributed by atoms with van der Waals surface area (Å²) >= 11 is 0. The van der Waals surface area contributed by atoms with Gasteiger partial charge in [0.05, 0.1) is 6.54 Å². The molecule has 0 aromatic carbocycles. The maximum Gasteiger partial charge on any atom is 0.280 e. The Balaban J connectivity index is 0.00000180. The lowest BCUT2D eigenvalue weighted by Gasteiger charge is -2.10. The molecule has 5 nitrogen and oxygen atoms in total. The first-order valence-electron chi connectivity index (χ1n) is 5.76. The summed E-state index contributed by atoms with van der Waals surface area (Å²) in [5.41, 5.74) is -0.257. The van der Waals surface area contributed by atoms with E-state index >= 15 is 0 Å². The van der Waals surface area contributed by atoms with E-state index in [1.54, 1.807) is 7.05 Å². The summed E-state index contributed by atoms with van der Waals surface area (Å²) in [7, 11) is 1.66.